The summed E-state index contributed by atoms with van der Waals surface area (Å²) >= 11 is 0. The number of rotatable bonds is 8. The molecule has 1 saturated heterocycles. The molecule has 0 radical (unpaired) electrons. The quantitative estimate of drug-likeness (QED) is 0.678. The zero-order valence-electron chi connectivity index (χ0n) is 12.8. The van der Waals surface area contributed by atoms with E-state index in [4.69, 9.17) is 4.74 Å². The highest BCUT2D eigenvalue weighted by atomic mass is 16.5. The van der Waals surface area contributed by atoms with Crippen molar-refractivity contribution in [2.24, 2.45) is 0 Å². The molecule has 0 amide bonds. The fraction of sp³-hybridized carbons (Fsp3) is 0.647. The molecule has 1 aliphatic rings. The number of hydrogen-bond donors (Lipinski definition) is 0. The van der Waals surface area contributed by atoms with Crippen molar-refractivity contribution in [3.8, 4) is 0 Å². The van der Waals surface area contributed by atoms with Crippen molar-refractivity contribution in [3.05, 3.63) is 35.9 Å². The maximum absolute atomic E-state index is 5.42. The van der Waals surface area contributed by atoms with E-state index in [1.165, 1.54) is 51.1 Å². The van der Waals surface area contributed by atoms with Crippen LogP contribution in [0.15, 0.2) is 30.3 Å². The molecule has 20 heavy (non-hydrogen) atoms. The minimum absolute atomic E-state index is 0.833. The van der Waals surface area contributed by atoms with Crippen molar-refractivity contribution in [2.75, 3.05) is 52.5 Å². The first-order valence-corrected chi connectivity index (χ1v) is 7.95. The Morgan fingerprint density at radius 3 is 2.25 bits per heavy atom. The van der Waals surface area contributed by atoms with Gasteiger partial charge in [0.15, 0.2) is 0 Å². The smallest absolute Gasteiger partial charge is 0.0593 e. The molecule has 3 nitrogen and oxygen atoms in total. The van der Waals surface area contributed by atoms with Gasteiger partial charge in [0.2, 0.25) is 0 Å². The van der Waals surface area contributed by atoms with Crippen LogP contribution in [0.3, 0.4) is 0 Å². The Balaban J connectivity index is 1.55. The van der Waals surface area contributed by atoms with Gasteiger partial charge in [0.1, 0.15) is 0 Å². The van der Waals surface area contributed by atoms with Gasteiger partial charge in [-0.05, 0) is 31.9 Å². The van der Waals surface area contributed by atoms with E-state index in [9.17, 15) is 0 Å². The standard InChI is InChI=1S/C17H28N2O/c1-2-20-16-15-19-13-11-18(12-14-19)10-6-9-17-7-4-3-5-8-17/h3-5,7-8H,2,6,9-16H2,1H3. The molecule has 0 spiro atoms. The molecule has 1 fully saturated rings. The van der Waals surface area contributed by atoms with E-state index in [0.29, 0.717) is 0 Å². The highest BCUT2D eigenvalue weighted by molar-refractivity contribution is 5.14. The number of nitrogens with zero attached hydrogens (tertiary/aromatic N) is 2. The minimum atomic E-state index is 0.833. The van der Waals surface area contributed by atoms with Crippen LogP contribution in [0, 0.1) is 0 Å². The van der Waals surface area contributed by atoms with Crippen LogP contribution in [0.4, 0.5) is 0 Å². The van der Waals surface area contributed by atoms with E-state index in [1.54, 1.807) is 0 Å². The second-order valence-corrected chi connectivity index (χ2v) is 5.47. The third kappa shape index (κ3) is 5.61. The highest BCUT2D eigenvalue weighted by Gasteiger charge is 2.15. The van der Waals surface area contributed by atoms with Gasteiger partial charge in [-0.3, -0.25) is 4.90 Å². The molecule has 0 aliphatic carbocycles. The lowest BCUT2D eigenvalue weighted by atomic mass is 10.1. The number of benzene rings is 1. The van der Waals surface area contributed by atoms with E-state index in [1.807, 2.05) is 0 Å². The van der Waals surface area contributed by atoms with Gasteiger partial charge in [0, 0.05) is 39.3 Å². The Labute approximate surface area is 123 Å². The Bertz CT molecular complexity index is 347. The van der Waals surface area contributed by atoms with Crippen LogP contribution < -0.4 is 0 Å². The maximum Gasteiger partial charge on any atom is 0.0593 e. The lowest BCUT2D eigenvalue weighted by molar-refractivity contribution is 0.0806. The Morgan fingerprint density at radius 2 is 1.60 bits per heavy atom. The van der Waals surface area contributed by atoms with Crippen LogP contribution >= 0.6 is 0 Å². The molecule has 1 aromatic rings. The van der Waals surface area contributed by atoms with Crippen molar-refractivity contribution in [1.82, 2.24) is 9.80 Å². The topological polar surface area (TPSA) is 15.7 Å². The summed E-state index contributed by atoms with van der Waals surface area (Å²) in [4.78, 5) is 5.11. The van der Waals surface area contributed by atoms with Crippen molar-refractivity contribution >= 4 is 0 Å². The van der Waals surface area contributed by atoms with Crippen LogP contribution in [0.1, 0.15) is 18.9 Å². The SMILES string of the molecule is CCOCCN1CCN(CCCc2ccccc2)CC1. The fourth-order valence-electron chi connectivity index (χ4n) is 2.73. The van der Waals surface area contributed by atoms with Gasteiger partial charge < -0.3 is 9.64 Å². The maximum atomic E-state index is 5.42. The lowest BCUT2D eigenvalue weighted by Crippen LogP contribution is -2.47. The molecule has 112 valence electrons. The zero-order valence-corrected chi connectivity index (χ0v) is 12.8. The molecule has 0 aromatic heterocycles. The molecular weight excluding hydrogens is 248 g/mol. The Kier molecular flexibility index (Phi) is 7.06. The van der Waals surface area contributed by atoms with E-state index in [-0.39, 0.29) is 0 Å². The van der Waals surface area contributed by atoms with Gasteiger partial charge in [-0.15, -0.1) is 0 Å². The van der Waals surface area contributed by atoms with Crippen LogP contribution in [-0.4, -0.2) is 62.3 Å². The number of hydrogen-bond acceptors (Lipinski definition) is 3. The van der Waals surface area contributed by atoms with E-state index >= 15 is 0 Å². The molecule has 0 N–H and O–H groups in total. The lowest BCUT2D eigenvalue weighted by Gasteiger charge is -2.34. The third-order valence-corrected chi connectivity index (χ3v) is 4.00. The number of aryl methyl sites for hydroxylation is 1. The van der Waals surface area contributed by atoms with Crippen molar-refractivity contribution in [1.29, 1.82) is 0 Å². The summed E-state index contributed by atoms with van der Waals surface area (Å²) in [5.74, 6) is 0. The first-order chi connectivity index (χ1) is 9.88. The van der Waals surface area contributed by atoms with Crippen LogP contribution in [0.5, 0.6) is 0 Å². The highest BCUT2D eigenvalue weighted by Crippen LogP contribution is 2.06. The van der Waals surface area contributed by atoms with Gasteiger partial charge >= 0.3 is 0 Å². The predicted molar refractivity (Wildman–Crippen MR) is 84.1 cm³/mol. The molecule has 0 bridgehead atoms. The van der Waals surface area contributed by atoms with Gasteiger partial charge in [-0.25, -0.2) is 0 Å². The summed E-state index contributed by atoms with van der Waals surface area (Å²) < 4.78 is 5.42. The Hall–Kier alpha value is -0.900. The third-order valence-electron chi connectivity index (χ3n) is 4.00. The summed E-state index contributed by atoms with van der Waals surface area (Å²) in [6.45, 7) is 10.9. The van der Waals surface area contributed by atoms with Crippen molar-refractivity contribution in [2.45, 2.75) is 19.8 Å². The summed E-state index contributed by atoms with van der Waals surface area (Å²) in [7, 11) is 0. The largest absolute Gasteiger partial charge is 0.380 e. The summed E-state index contributed by atoms with van der Waals surface area (Å²) in [5.41, 5.74) is 1.46. The molecule has 0 atom stereocenters. The average molecular weight is 276 g/mol. The van der Waals surface area contributed by atoms with Gasteiger partial charge in [-0.2, -0.15) is 0 Å². The monoisotopic (exact) mass is 276 g/mol. The molecule has 1 heterocycles. The Morgan fingerprint density at radius 1 is 0.950 bits per heavy atom. The molecule has 0 saturated carbocycles. The second-order valence-electron chi connectivity index (χ2n) is 5.47. The average Bonchev–Trinajstić information content (AvgIpc) is 2.50. The number of piperazine rings is 1. The predicted octanol–water partition coefficient (Wildman–Crippen LogP) is 2.27. The minimum Gasteiger partial charge on any atom is -0.380 e. The molecule has 1 aliphatic heterocycles. The normalized spacial score (nSPS) is 17.4. The molecule has 3 heteroatoms. The van der Waals surface area contributed by atoms with Gasteiger partial charge in [-0.1, -0.05) is 30.3 Å². The van der Waals surface area contributed by atoms with Crippen molar-refractivity contribution < 1.29 is 4.74 Å². The van der Waals surface area contributed by atoms with Crippen LogP contribution in [0.25, 0.3) is 0 Å². The van der Waals surface area contributed by atoms with Crippen LogP contribution in [-0.2, 0) is 11.2 Å². The van der Waals surface area contributed by atoms with E-state index < -0.39 is 0 Å². The second kappa shape index (κ2) is 9.11. The first-order valence-electron chi connectivity index (χ1n) is 7.95. The summed E-state index contributed by atoms with van der Waals surface area (Å²) in [5, 5.41) is 0. The van der Waals surface area contributed by atoms with Crippen LogP contribution in [0.2, 0.25) is 0 Å². The summed E-state index contributed by atoms with van der Waals surface area (Å²) in [6, 6.07) is 10.8. The van der Waals surface area contributed by atoms with E-state index in [0.717, 1.165) is 19.8 Å². The first kappa shape index (κ1) is 15.5. The molecule has 2 rings (SSSR count). The van der Waals surface area contributed by atoms with Crippen molar-refractivity contribution in [3.63, 3.8) is 0 Å². The van der Waals surface area contributed by atoms with Gasteiger partial charge in [0.25, 0.3) is 0 Å². The number of ether oxygens (including phenoxy) is 1. The molecule has 0 unspecified atom stereocenters. The molecular formula is C17H28N2O. The zero-order chi connectivity index (χ0) is 14.0. The summed E-state index contributed by atoms with van der Waals surface area (Å²) in [6.07, 6.45) is 2.47. The molecule has 1 aromatic carbocycles. The van der Waals surface area contributed by atoms with E-state index in [2.05, 4.69) is 47.1 Å². The van der Waals surface area contributed by atoms with Gasteiger partial charge in [0.05, 0.1) is 6.61 Å². The fourth-order valence-corrected chi connectivity index (χ4v) is 2.73.